The van der Waals surface area contributed by atoms with Gasteiger partial charge in [-0.2, -0.15) is 0 Å². The molecule has 12 heteroatoms. The van der Waals surface area contributed by atoms with Gasteiger partial charge in [0.15, 0.2) is 25.0 Å². The maximum atomic E-state index is 10.2. The van der Waals surface area contributed by atoms with Crippen molar-refractivity contribution in [1.29, 1.82) is 0 Å². The summed E-state index contributed by atoms with van der Waals surface area (Å²) in [5, 5.41) is 10.2. The first kappa shape index (κ1) is 33.6. The predicted molar refractivity (Wildman–Crippen MR) is 153 cm³/mol. The van der Waals surface area contributed by atoms with Crippen LogP contribution in [0.25, 0.3) is 0 Å². The summed E-state index contributed by atoms with van der Waals surface area (Å²) < 4.78 is 35.8. The molecule has 0 aliphatic carbocycles. The van der Waals surface area contributed by atoms with Crippen LogP contribution < -0.4 is 0 Å². The van der Waals surface area contributed by atoms with Crippen molar-refractivity contribution in [3.05, 3.63) is 0 Å². The van der Waals surface area contributed by atoms with Crippen LogP contribution in [0.1, 0.15) is 12.8 Å². The molecular weight excluding hydrogens is 515 g/mol. The summed E-state index contributed by atoms with van der Waals surface area (Å²) >= 11 is 0. The summed E-state index contributed by atoms with van der Waals surface area (Å²) in [6, 6.07) is 2.10. The highest BCUT2D eigenvalue weighted by molar-refractivity contribution is 6.87. The lowest BCUT2D eigenvalue weighted by Crippen LogP contribution is -2.52. The fraction of sp³-hybridized carbons (Fsp3) is 1.00. The zero-order valence-electron chi connectivity index (χ0n) is 24.3. The standard InChI is InChI=1S/C23H55NO7Si4/c1-24(21-29-32(2,3)4)17-22(25)18-26-13-11-15-33(5,6)30-35(9,10)31-34(7,8)16-12-14-27-19-23-20-28-23/h22-23,25H,11-21H2,1-10H3. The second kappa shape index (κ2) is 15.2. The minimum Gasteiger partial charge on any atom is -0.437 e. The third-order valence-electron chi connectivity index (χ3n) is 5.44. The minimum atomic E-state index is -2.21. The van der Waals surface area contributed by atoms with Gasteiger partial charge in [-0.1, -0.05) is 0 Å². The SMILES string of the molecule is CN(CO[Si](C)(C)C)CC(O)COCCC[Si](C)(C)O[Si](C)(C)O[Si](C)(C)CCCOCC1CO1. The van der Waals surface area contributed by atoms with Crippen LogP contribution in [-0.4, -0.2) is 109 Å². The molecule has 0 amide bonds. The van der Waals surface area contributed by atoms with E-state index in [2.05, 4.69) is 58.9 Å². The summed E-state index contributed by atoms with van der Waals surface area (Å²) in [5.74, 6) is 0. The molecule has 0 spiro atoms. The molecule has 1 fully saturated rings. The van der Waals surface area contributed by atoms with Crippen molar-refractivity contribution in [2.75, 3.05) is 53.4 Å². The van der Waals surface area contributed by atoms with E-state index in [9.17, 15) is 5.11 Å². The molecule has 1 rings (SSSR count). The zero-order chi connectivity index (χ0) is 26.8. The molecule has 1 heterocycles. The third-order valence-corrected chi connectivity index (χ3v) is 17.9. The molecule has 8 nitrogen and oxygen atoms in total. The molecule has 2 unspecified atom stereocenters. The maximum absolute atomic E-state index is 10.2. The van der Waals surface area contributed by atoms with Crippen LogP contribution in [0.15, 0.2) is 0 Å². The maximum Gasteiger partial charge on any atom is 0.311 e. The van der Waals surface area contributed by atoms with E-state index in [1.54, 1.807) is 0 Å². The van der Waals surface area contributed by atoms with E-state index in [1.165, 1.54) is 0 Å². The molecule has 0 aromatic rings. The van der Waals surface area contributed by atoms with Crippen molar-refractivity contribution in [2.45, 2.75) is 96.1 Å². The summed E-state index contributed by atoms with van der Waals surface area (Å²) in [6.07, 6.45) is 1.79. The molecular formula is C23H55NO7Si4. The van der Waals surface area contributed by atoms with Gasteiger partial charge in [-0.15, -0.1) is 0 Å². The van der Waals surface area contributed by atoms with Crippen molar-refractivity contribution >= 4 is 33.5 Å². The van der Waals surface area contributed by atoms with Crippen LogP contribution in [0.2, 0.25) is 71.0 Å². The molecule has 1 aliphatic rings. The average Bonchev–Trinajstić information content (AvgIpc) is 3.47. The van der Waals surface area contributed by atoms with Crippen LogP contribution >= 0.6 is 0 Å². The van der Waals surface area contributed by atoms with Gasteiger partial charge in [-0.25, -0.2) is 0 Å². The predicted octanol–water partition coefficient (Wildman–Crippen LogP) is 4.45. The van der Waals surface area contributed by atoms with E-state index >= 15 is 0 Å². The Labute approximate surface area is 219 Å². The Balaban J connectivity index is 2.21. The molecule has 0 radical (unpaired) electrons. The van der Waals surface area contributed by atoms with Gasteiger partial charge in [-0.3, -0.25) is 4.90 Å². The summed E-state index contributed by atoms with van der Waals surface area (Å²) in [7, 11) is -5.45. The number of epoxide rings is 1. The largest absolute Gasteiger partial charge is 0.437 e. The number of hydrogen-bond acceptors (Lipinski definition) is 8. The second-order valence-electron chi connectivity index (χ2n) is 12.5. The van der Waals surface area contributed by atoms with Crippen LogP contribution in [0.4, 0.5) is 0 Å². The molecule has 210 valence electrons. The summed E-state index contributed by atoms with van der Waals surface area (Å²) in [5.41, 5.74) is 0. The zero-order valence-corrected chi connectivity index (χ0v) is 28.3. The van der Waals surface area contributed by atoms with Gasteiger partial charge >= 0.3 is 8.56 Å². The quantitative estimate of drug-likeness (QED) is 0.0940. The van der Waals surface area contributed by atoms with Crippen molar-refractivity contribution in [1.82, 2.24) is 4.90 Å². The Hall–Kier alpha value is 0.548. The van der Waals surface area contributed by atoms with E-state index in [-0.39, 0.29) is 0 Å². The first-order valence-corrected chi connectivity index (χ1v) is 25.6. The normalized spacial score (nSPS) is 18.3. The first-order valence-electron chi connectivity index (χ1n) is 13.2. The van der Waals surface area contributed by atoms with Gasteiger partial charge < -0.3 is 32.0 Å². The Morgan fingerprint density at radius 3 is 1.89 bits per heavy atom. The Bertz CT molecular complexity index is 587. The van der Waals surface area contributed by atoms with Gasteiger partial charge in [0.2, 0.25) is 0 Å². The van der Waals surface area contributed by atoms with E-state index in [1.807, 2.05) is 11.9 Å². The highest BCUT2D eigenvalue weighted by Crippen LogP contribution is 2.26. The molecule has 1 N–H and O–H groups in total. The Kier molecular flexibility index (Phi) is 14.6. The highest BCUT2D eigenvalue weighted by Gasteiger charge is 2.39. The number of likely N-dealkylation sites (N-methyl/N-ethyl adjacent to an activating group) is 1. The van der Waals surface area contributed by atoms with Crippen molar-refractivity contribution in [3.8, 4) is 0 Å². The van der Waals surface area contributed by atoms with Gasteiger partial charge in [0.25, 0.3) is 0 Å². The molecule has 1 aliphatic heterocycles. The smallest absolute Gasteiger partial charge is 0.311 e. The van der Waals surface area contributed by atoms with Crippen molar-refractivity contribution in [2.24, 2.45) is 0 Å². The first-order chi connectivity index (χ1) is 16.0. The Morgan fingerprint density at radius 1 is 0.886 bits per heavy atom. The fourth-order valence-corrected chi connectivity index (χ4v) is 18.6. The molecule has 0 saturated carbocycles. The Morgan fingerprint density at radius 2 is 1.40 bits per heavy atom. The average molecular weight is 570 g/mol. The number of rotatable bonds is 21. The lowest BCUT2D eigenvalue weighted by atomic mass is 10.3. The molecule has 0 bridgehead atoms. The van der Waals surface area contributed by atoms with E-state index in [0.29, 0.717) is 32.6 Å². The lowest BCUT2D eigenvalue weighted by Gasteiger charge is -2.38. The highest BCUT2D eigenvalue weighted by atomic mass is 28.5. The van der Waals surface area contributed by atoms with Gasteiger partial charge in [0.05, 0.1) is 32.7 Å². The molecule has 35 heavy (non-hydrogen) atoms. The van der Waals surface area contributed by atoms with Gasteiger partial charge in [0, 0.05) is 19.8 Å². The molecule has 1 saturated heterocycles. The number of ether oxygens (including phenoxy) is 3. The summed E-state index contributed by atoms with van der Waals surface area (Å²) in [6.45, 7) is 24.4. The van der Waals surface area contributed by atoms with Gasteiger partial charge in [0.1, 0.15) is 6.10 Å². The van der Waals surface area contributed by atoms with E-state index < -0.39 is 39.6 Å². The van der Waals surface area contributed by atoms with E-state index in [4.69, 9.17) is 26.9 Å². The molecule has 2 atom stereocenters. The van der Waals surface area contributed by atoms with Crippen molar-refractivity contribution < 1.29 is 32.0 Å². The number of nitrogens with zero attached hydrogens (tertiary/aromatic N) is 1. The summed E-state index contributed by atoms with van der Waals surface area (Å²) in [4.78, 5) is 2.00. The number of aliphatic hydroxyl groups excluding tert-OH is 1. The topological polar surface area (TPSA) is 82.2 Å². The van der Waals surface area contributed by atoms with Crippen LogP contribution in [0, 0.1) is 0 Å². The van der Waals surface area contributed by atoms with Crippen molar-refractivity contribution in [3.63, 3.8) is 0 Å². The number of aliphatic hydroxyl groups is 1. The fourth-order valence-electron chi connectivity index (χ4n) is 4.02. The lowest BCUT2D eigenvalue weighted by molar-refractivity contribution is 0.00840. The number of hydrogen-bond donors (Lipinski definition) is 1. The van der Waals surface area contributed by atoms with E-state index in [0.717, 1.165) is 44.8 Å². The van der Waals surface area contributed by atoms with Gasteiger partial charge in [-0.05, 0) is 90.9 Å². The van der Waals surface area contributed by atoms with Crippen LogP contribution in [-0.2, 0) is 26.9 Å². The minimum absolute atomic E-state index is 0.334. The third kappa shape index (κ3) is 19.3. The second-order valence-corrected chi connectivity index (χ2v) is 29.5. The van der Waals surface area contributed by atoms with Crippen LogP contribution in [0.5, 0.6) is 0 Å². The monoisotopic (exact) mass is 569 g/mol. The molecule has 0 aromatic heterocycles. The molecule has 0 aromatic carbocycles. The van der Waals surface area contributed by atoms with Crippen LogP contribution in [0.3, 0.4) is 0 Å².